The van der Waals surface area contributed by atoms with Crippen molar-refractivity contribution < 1.29 is 40.1 Å². The Morgan fingerprint density at radius 2 is 0.964 bits per heavy atom. The van der Waals surface area contributed by atoms with Crippen LogP contribution in [0.15, 0.2) is 24.9 Å². The van der Waals surface area contributed by atoms with Crippen molar-refractivity contribution in [1.82, 2.24) is 19.6 Å². The number of nitrogens with zero attached hydrogens (tertiary/aromatic N) is 4. The van der Waals surface area contributed by atoms with Crippen LogP contribution in [0.5, 0.6) is 0 Å². The maximum atomic E-state index is 11.1. The van der Waals surface area contributed by atoms with E-state index in [4.69, 9.17) is 20.7 Å². The molecule has 0 aromatic carbocycles. The van der Waals surface area contributed by atoms with Gasteiger partial charge in [0, 0.05) is 52.4 Å². The number of carboxylic acids is 2. The van der Waals surface area contributed by atoms with E-state index >= 15 is 0 Å². The van der Waals surface area contributed by atoms with Crippen molar-refractivity contribution in [3.63, 3.8) is 0 Å². The fourth-order valence-corrected chi connectivity index (χ4v) is 2.81. The topological polar surface area (TPSA) is 146 Å². The molecular formula is C16H28N4O8. The van der Waals surface area contributed by atoms with Crippen molar-refractivity contribution >= 4 is 11.9 Å². The van der Waals surface area contributed by atoms with Gasteiger partial charge < -0.3 is 29.8 Å². The lowest BCUT2D eigenvalue weighted by molar-refractivity contribution is -0.228. The fourth-order valence-electron chi connectivity index (χ4n) is 2.81. The number of hydrogen-bond donors (Lipinski definition) is 4. The van der Waals surface area contributed by atoms with Gasteiger partial charge >= 0.3 is 11.9 Å². The van der Waals surface area contributed by atoms with Crippen molar-refractivity contribution in [2.75, 3.05) is 65.4 Å². The van der Waals surface area contributed by atoms with Gasteiger partial charge in [-0.1, -0.05) is 0 Å². The van der Waals surface area contributed by atoms with Gasteiger partial charge in [0.2, 0.25) is 11.8 Å². The molecule has 0 unspecified atom stereocenters. The van der Waals surface area contributed by atoms with Gasteiger partial charge in [0.05, 0.1) is 13.1 Å². The molecule has 1 aliphatic rings. The van der Waals surface area contributed by atoms with Crippen LogP contribution in [-0.2, 0) is 19.4 Å². The molecule has 0 spiro atoms. The lowest BCUT2D eigenvalue weighted by atomic mass is 10.3. The molecule has 0 radical (unpaired) electrons. The maximum Gasteiger partial charge on any atom is 0.317 e. The molecule has 0 bridgehead atoms. The molecule has 0 aromatic rings. The molecule has 0 amide bonds. The zero-order valence-corrected chi connectivity index (χ0v) is 15.7. The molecule has 28 heavy (non-hydrogen) atoms. The van der Waals surface area contributed by atoms with E-state index < -0.39 is 11.9 Å². The first-order valence-electron chi connectivity index (χ1n) is 8.65. The van der Waals surface area contributed by atoms with E-state index in [1.807, 2.05) is 0 Å². The Morgan fingerprint density at radius 1 is 0.679 bits per heavy atom. The van der Waals surface area contributed by atoms with E-state index in [0.29, 0.717) is 52.4 Å². The van der Waals surface area contributed by atoms with Crippen LogP contribution >= 0.6 is 0 Å². The van der Waals surface area contributed by atoms with E-state index in [1.165, 1.54) is 0 Å². The van der Waals surface area contributed by atoms with Crippen molar-refractivity contribution in [2.45, 2.75) is 0 Å². The third-order valence-corrected chi connectivity index (χ3v) is 4.38. The Bertz CT molecular complexity index is 511. The Morgan fingerprint density at radius 3 is 1.25 bits per heavy atom. The van der Waals surface area contributed by atoms with Crippen molar-refractivity contribution in [3.05, 3.63) is 24.9 Å². The smallest absolute Gasteiger partial charge is 0.317 e. The van der Waals surface area contributed by atoms with Gasteiger partial charge in [0.25, 0.3) is 0 Å². The summed E-state index contributed by atoms with van der Waals surface area (Å²) in [6.45, 7) is 9.36. The molecule has 12 nitrogen and oxygen atoms in total. The molecule has 0 saturated carbocycles. The van der Waals surface area contributed by atoms with Crippen molar-refractivity contribution in [1.29, 1.82) is 0 Å². The summed E-state index contributed by atoms with van der Waals surface area (Å²) in [6.07, 6.45) is 0. The van der Waals surface area contributed by atoms with Crippen LogP contribution in [0.1, 0.15) is 0 Å². The summed E-state index contributed by atoms with van der Waals surface area (Å²) in [5.41, 5.74) is 0. The van der Waals surface area contributed by atoms with Gasteiger partial charge in [-0.15, -0.1) is 0 Å². The van der Waals surface area contributed by atoms with E-state index in [-0.39, 0.29) is 24.9 Å². The van der Waals surface area contributed by atoms with Crippen molar-refractivity contribution in [2.24, 2.45) is 0 Å². The van der Waals surface area contributed by atoms with Crippen LogP contribution in [0.25, 0.3) is 0 Å². The molecular weight excluding hydrogens is 376 g/mol. The van der Waals surface area contributed by atoms with Crippen LogP contribution in [-0.4, -0.2) is 118 Å². The van der Waals surface area contributed by atoms with Gasteiger partial charge in [-0.2, -0.15) is 0 Å². The molecule has 1 fully saturated rings. The van der Waals surface area contributed by atoms with Crippen LogP contribution in [0.3, 0.4) is 0 Å². The van der Waals surface area contributed by atoms with E-state index in [2.05, 4.69) is 22.9 Å². The summed E-state index contributed by atoms with van der Waals surface area (Å²) >= 11 is 0. The number of carbonyl (C=O) groups is 2. The minimum absolute atomic E-state index is 0.00434. The average Bonchev–Trinajstić information content (AvgIpc) is 2.64. The zero-order valence-electron chi connectivity index (χ0n) is 15.7. The van der Waals surface area contributed by atoms with Crippen LogP contribution in [0.4, 0.5) is 0 Å². The monoisotopic (exact) mass is 404 g/mol. The quantitative estimate of drug-likeness (QED) is 0.230. The van der Waals surface area contributed by atoms with E-state index in [9.17, 15) is 9.59 Å². The highest BCUT2D eigenvalue weighted by atomic mass is 17.1. The summed E-state index contributed by atoms with van der Waals surface area (Å²) in [5.74, 6) is -2.00. The number of aliphatic carboxylic acids is 2. The molecule has 1 rings (SSSR count). The second-order valence-electron chi connectivity index (χ2n) is 6.28. The lowest BCUT2D eigenvalue weighted by Gasteiger charge is -2.34. The average molecular weight is 404 g/mol. The number of hydrogen-bond acceptors (Lipinski definition) is 10. The maximum absolute atomic E-state index is 11.1. The van der Waals surface area contributed by atoms with Crippen LogP contribution < -0.4 is 0 Å². The minimum atomic E-state index is -0.997. The Balaban J connectivity index is 2.97. The summed E-state index contributed by atoms with van der Waals surface area (Å²) in [5, 5.41) is 36.1. The lowest BCUT2D eigenvalue weighted by Crippen LogP contribution is -2.47. The highest BCUT2D eigenvalue weighted by Gasteiger charge is 2.21. The van der Waals surface area contributed by atoms with E-state index in [1.54, 1.807) is 19.6 Å². The highest BCUT2D eigenvalue weighted by molar-refractivity contribution is 5.69. The predicted molar refractivity (Wildman–Crippen MR) is 97.0 cm³/mol. The van der Waals surface area contributed by atoms with Crippen LogP contribution in [0, 0.1) is 0 Å². The first kappa shape index (κ1) is 23.5. The summed E-state index contributed by atoms with van der Waals surface area (Å²) in [6, 6.07) is 0. The van der Waals surface area contributed by atoms with Gasteiger partial charge in [-0.05, 0) is 13.2 Å². The summed E-state index contributed by atoms with van der Waals surface area (Å²) in [4.78, 5) is 37.2. The molecule has 1 heterocycles. The first-order valence-corrected chi connectivity index (χ1v) is 8.65. The third kappa shape index (κ3) is 8.43. The minimum Gasteiger partial charge on any atom is -0.480 e. The molecule has 0 aliphatic carbocycles. The summed E-state index contributed by atoms with van der Waals surface area (Å²) < 4.78 is 0. The Labute approximate surface area is 162 Å². The molecule has 1 aliphatic heterocycles. The molecule has 1 saturated heterocycles. The second-order valence-corrected chi connectivity index (χ2v) is 6.28. The largest absolute Gasteiger partial charge is 0.480 e. The number of rotatable bonds is 8. The van der Waals surface area contributed by atoms with Crippen LogP contribution in [0.2, 0.25) is 0 Å². The van der Waals surface area contributed by atoms with E-state index in [0.717, 1.165) is 0 Å². The number of carboxylic acid groups (broad SMARTS) is 2. The predicted octanol–water partition coefficient (Wildman–Crippen LogP) is -0.701. The molecule has 4 N–H and O–H groups in total. The standard InChI is InChI=1S/C16H28N4O8/c1-13(27-25)19-7-5-17(11-15(21)22)3-4-18(12-16(23)24)6-8-20(10-9-19)14(2)28-26/h25-26H,1-12H2,(H,21,22)(H,23,24). The highest BCUT2D eigenvalue weighted by Crippen LogP contribution is 2.09. The van der Waals surface area contributed by atoms with Crippen molar-refractivity contribution in [3.8, 4) is 0 Å². The van der Waals surface area contributed by atoms with Gasteiger partial charge in [-0.3, -0.25) is 19.4 Å². The SMILES string of the molecule is C=C(OO)N1CCN(CC(=O)O)CCN(CC(=O)O)CCN(C(=C)OO)CC1. The molecule has 0 aromatic heterocycles. The first-order chi connectivity index (χ1) is 13.3. The Hall–Kier alpha value is -2.54. The van der Waals surface area contributed by atoms with Gasteiger partial charge in [0.15, 0.2) is 0 Å². The molecule has 0 atom stereocenters. The second kappa shape index (κ2) is 12.0. The molecule has 160 valence electrons. The van der Waals surface area contributed by atoms with Gasteiger partial charge in [-0.25, -0.2) is 10.5 Å². The van der Waals surface area contributed by atoms with Gasteiger partial charge in [0.1, 0.15) is 0 Å². The summed E-state index contributed by atoms with van der Waals surface area (Å²) in [7, 11) is 0. The fraction of sp³-hybridized carbons (Fsp3) is 0.625. The third-order valence-electron chi connectivity index (χ3n) is 4.38. The zero-order chi connectivity index (χ0) is 21.1. The molecule has 12 heteroatoms. The Kier molecular flexibility index (Phi) is 10.1. The normalized spacial score (nSPS) is 17.9.